The fourth-order valence-corrected chi connectivity index (χ4v) is 1.18. The molecule has 3 heteroatoms. The Kier molecular flexibility index (Phi) is 3.29. The largest absolute Gasteiger partial charge is 0.497 e. The van der Waals surface area contributed by atoms with Crippen molar-refractivity contribution in [3.63, 3.8) is 0 Å². The lowest BCUT2D eigenvalue weighted by Gasteiger charge is -2.04. The number of ether oxygens (including phenoxy) is 1. The summed E-state index contributed by atoms with van der Waals surface area (Å²) >= 11 is 0. The number of hydrogen-bond acceptors (Lipinski definition) is 2. The zero-order valence-electron chi connectivity index (χ0n) is 8.15. The molecular weight excluding hydrogens is 180 g/mol. The van der Waals surface area contributed by atoms with E-state index >= 15 is 0 Å². The molecule has 0 bridgehead atoms. The van der Waals surface area contributed by atoms with Gasteiger partial charge in [-0.1, -0.05) is 12.2 Å². The fourth-order valence-electron chi connectivity index (χ4n) is 1.18. The summed E-state index contributed by atoms with van der Waals surface area (Å²) in [5.41, 5.74) is 0.934. The molecule has 1 aromatic rings. The van der Waals surface area contributed by atoms with Crippen LogP contribution >= 0.6 is 0 Å². The number of rotatable bonds is 3. The molecule has 0 spiro atoms. The number of carboxylic acids is 1. The van der Waals surface area contributed by atoms with Gasteiger partial charge in [0, 0.05) is 0 Å². The Balaban J connectivity index is 3.23. The summed E-state index contributed by atoms with van der Waals surface area (Å²) in [7, 11) is 1.55. The minimum atomic E-state index is -0.930. The molecule has 0 saturated heterocycles. The Morgan fingerprint density at radius 1 is 1.50 bits per heavy atom. The first-order valence-corrected chi connectivity index (χ1v) is 4.23. The van der Waals surface area contributed by atoms with Gasteiger partial charge in [0.25, 0.3) is 0 Å². The van der Waals surface area contributed by atoms with E-state index < -0.39 is 5.97 Å². The Morgan fingerprint density at radius 3 is 2.71 bits per heavy atom. The highest BCUT2D eigenvalue weighted by Crippen LogP contribution is 2.19. The van der Waals surface area contributed by atoms with Crippen LogP contribution in [0.4, 0.5) is 0 Å². The predicted molar refractivity (Wildman–Crippen MR) is 54.7 cm³/mol. The minimum Gasteiger partial charge on any atom is -0.497 e. The lowest BCUT2D eigenvalue weighted by atomic mass is 10.1. The number of carbonyl (C=O) groups is 1. The molecule has 0 aliphatic rings. The van der Waals surface area contributed by atoms with E-state index in [0.717, 1.165) is 0 Å². The molecule has 0 aliphatic heterocycles. The van der Waals surface area contributed by atoms with Crippen LogP contribution in [0.3, 0.4) is 0 Å². The Labute approximate surface area is 82.6 Å². The highest BCUT2D eigenvalue weighted by molar-refractivity contribution is 5.92. The number of carboxylic acid groups (broad SMARTS) is 1. The van der Waals surface area contributed by atoms with Crippen molar-refractivity contribution in [3.8, 4) is 5.75 Å². The summed E-state index contributed by atoms with van der Waals surface area (Å²) < 4.78 is 5.01. The summed E-state index contributed by atoms with van der Waals surface area (Å²) in [5.74, 6) is -0.274. The molecule has 1 aromatic carbocycles. The van der Waals surface area contributed by atoms with Gasteiger partial charge in [0.2, 0.25) is 0 Å². The number of allylic oxidation sites excluding steroid dienone is 1. The van der Waals surface area contributed by atoms with Crippen LogP contribution in [-0.4, -0.2) is 18.2 Å². The SMILES string of the molecule is C/C=C/c1cc(OC)ccc1C(=O)O. The van der Waals surface area contributed by atoms with Crippen molar-refractivity contribution in [2.45, 2.75) is 6.92 Å². The number of aromatic carboxylic acids is 1. The first kappa shape index (κ1) is 10.3. The zero-order chi connectivity index (χ0) is 10.6. The predicted octanol–water partition coefficient (Wildman–Crippen LogP) is 2.43. The van der Waals surface area contributed by atoms with Gasteiger partial charge in [-0.3, -0.25) is 0 Å². The van der Waals surface area contributed by atoms with Crippen LogP contribution in [-0.2, 0) is 0 Å². The molecule has 0 heterocycles. The second-order valence-electron chi connectivity index (χ2n) is 2.76. The van der Waals surface area contributed by atoms with Gasteiger partial charge in [-0.15, -0.1) is 0 Å². The maximum absolute atomic E-state index is 10.8. The monoisotopic (exact) mass is 192 g/mol. The smallest absolute Gasteiger partial charge is 0.336 e. The van der Waals surface area contributed by atoms with Crippen LogP contribution in [0.1, 0.15) is 22.8 Å². The average Bonchev–Trinajstić information content (AvgIpc) is 2.17. The van der Waals surface area contributed by atoms with Crippen molar-refractivity contribution in [3.05, 3.63) is 35.4 Å². The average molecular weight is 192 g/mol. The first-order valence-electron chi connectivity index (χ1n) is 4.23. The van der Waals surface area contributed by atoms with E-state index in [0.29, 0.717) is 11.3 Å². The van der Waals surface area contributed by atoms with Crippen molar-refractivity contribution in [1.82, 2.24) is 0 Å². The van der Waals surface area contributed by atoms with E-state index in [1.54, 1.807) is 31.4 Å². The van der Waals surface area contributed by atoms with Gasteiger partial charge in [0.15, 0.2) is 0 Å². The van der Waals surface area contributed by atoms with Gasteiger partial charge in [-0.25, -0.2) is 4.79 Å². The number of hydrogen-bond donors (Lipinski definition) is 1. The van der Waals surface area contributed by atoms with Crippen LogP contribution in [0.25, 0.3) is 6.08 Å². The van der Waals surface area contributed by atoms with Crippen molar-refractivity contribution < 1.29 is 14.6 Å². The van der Waals surface area contributed by atoms with E-state index in [4.69, 9.17) is 9.84 Å². The summed E-state index contributed by atoms with van der Waals surface area (Å²) in [6, 6.07) is 4.87. The van der Waals surface area contributed by atoms with E-state index in [9.17, 15) is 4.79 Å². The Morgan fingerprint density at radius 2 is 2.21 bits per heavy atom. The molecule has 0 aromatic heterocycles. The van der Waals surface area contributed by atoms with E-state index in [2.05, 4.69) is 0 Å². The highest BCUT2D eigenvalue weighted by atomic mass is 16.5. The molecule has 0 saturated carbocycles. The number of benzene rings is 1. The maximum atomic E-state index is 10.8. The van der Waals surface area contributed by atoms with Crippen molar-refractivity contribution in [2.24, 2.45) is 0 Å². The third-order valence-corrected chi connectivity index (χ3v) is 1.84. The van der Waals surface area contributed by atoms with Gasteiger partial charge >= 0.3 is 5.97 Å². The lowest BCUT2D eigenvalue weighted by molar-refractivity contribution is 0.0696. The highest BCUT2D eigenvalue weighted by Gasteiger charge is 2.08. The van der Waals surface area contributed by atoms with Crippen LogP contribution in [0.15, 0.2) is 24.3 Å². The standard InChI is InChI=1S/C11H12O3/c1-3-4-8-7-9(14-2)5-6-10(8)11(12)13/h3-7H,1-2H3,(H,12,13)/b4-3+. The zero-order valence-corrected chi connectivity index (χ0v) is 8.15. The van der Waals surface area contributed by atoms with Gasteiger partial charge < -0.3 is 9.84 Å². The summed E-state index contributed by atoms with van der Waals surface area (Å²) in [4.78, 5) is 10.8. The normalized spacial score (nSPS) is 10.4. The molecule has 0 aliphatic carbocycles. The molecule has 0 amide bonds. The van der Waals surface area contributed by atoms with Crippen LogP contribution in [0, 0.1) is 0 Å². The van der Waals surface area contributed by atoms with E-state index in [1.807, 2.05) is 6.92 Å². The first-order chi connectivity index (χ1) is 6.69. The molecule has 14 heavy (non-hydrogen) atoms. The third kappa shape index (κ3) is 2.13. The van der Waals surface area contributed by atoms with E-state index in [-0.39, 0.29) is 5.56 Å². The molecule has 0 atom stereocenters. The molecule has 3 nitrogen and oxygen atoms in total. The topological polar surface area (TPSA) is 46.5 Å². The van der Waals surface area contributed by atoms with Gasteiger partial charge in [0.1, 0.15) is 5.75 Å². The second kappa shape index (κ2) is 4.46. The Bertz CT molecular complexity index is 367. The molecule has 0 unspecified atom stereocenters. The second-order valence-corrected chi connectivity index (χ2v) is 2.76. The lowest BCUT2D eigenvalue weighted by Crippen LogP contribution is -1.99. The summed E-state index contributed by atoms with van der Waals surface area (Å²) in [6.45, 7) is 1.84. The summed E-state index contributed by atoms with van der Waals surface area (Å²) in [6.07, 6.45) is 3.53. The van der Waals surface area contributed by atoms with Crippen molar-refractivity contribution in [1.29, 1.82) is 0 Å². The van der Waals surface area contributed by atoms with E-state index in [1.165, 1.54) is 6.07 Å². The van der Waals surface area contributed by atoms with Crippen molar-refractivity contribution in [2.75, 3.05) is 7.11 Å². The van der Waals surface area contributed by atoms with Crippen LogP contribution in [0.2, 0.25) is 0 Å². The van der Waals surface area contributed by atoms with Gasteiger partial charge in [-0.05, 0) is 30.7 Å². The minimum absolute atomic E-state index is 0.281. The third-order valence-electron chi connectivity index (χ3n) is 1.84. The van der Waals surface area contributed by atoms with Gasteiger partial charge in [-0.2, -0.15) is 0 Å². The molecule has 74 valence electrons. The fraction of sp³-hybridized carbons (Fsp3) is 0.182. The molecule has 1 rings (SSSR count). The maximum Gasteiger partial charge on any atom is 0.336 e. The van der Waals surface area contributed by atoms with Crippen LogP contribution in [0.5, 0.6) is 5.75 Å². The van der Waals surface area contributed by atoms with Crippen molar-refractivity contribution >= 4 is 12.0 Å². The van der Waals surface area contributed by atoms with Gasteiger partial charge in [0.05, 0.1) is 12.7 Å². The number of methoxy groups -OCH3 is 1. The Hall–Kier alpha value is -1.77. The molecule has 0 fully saturated rings. The van der Waals surface area contributed by atoms with Crippen LogP contribution < -0.4 is 4.74 Å². The molecule has 0 radical (unpaired) electrons. The molecular formula is C11H12O3. The molecule has 1 N–H and O–H groups in total. The quantitative estimate of drug-likeness (QED) is 0.800. The summed E-state index contributed by atoms with van der Waals surface area (Å²) in [5, 5.41) is 8.88.